The molecular formula is C39H65O11P. The molecule has 0 heterocycles. The first-order valence-electron chi connectivity index (χ1n) is 18.8. The number of unbranched alkanes of at least 4 members (excludes halogenated alkanes) is 7. The van der Waals surface area contributed by atoms with Gasteiger partial charge in [-0.25, -0.2) is 4.57 Å². The highest BCUT2D eigenvalue weighted by atomic mass is 31.2. The summed E-state index contributed by atoms with van der Waals surface area (Å²) in [6, 6.07) is 0. The Balaban J connectivity index is 2.41. The van der Waals surface area contributed by atoms with Crippen LogP contribution in [0, 0.1) is 11.8 Å². The summed E-state index contributed by atoms with van der Waals surface area (Å²) in [6.45, 7) is 3.15. The number of rotatable bonds is 29. The van der Waals surface area contributed by atoms with Crippen LogP contribution in [0.15, 0.2) is 60.8 Å². The molecule has 0 aromatic rings. The molecule has 0 radical (unpaired) electrons. The molecule has 1 aliphatic rings. The summed E-state index contributed by atoms with van der Waals surface area (Å²) in [4.78, 5) is 43.0. The van der Waals surface area contributed by atoms with Crippen LogP contribution in [0.25, 0.3) is 0 Å². The van der Waals surface area contributed by atoms with Crippen molar-refractivity contribution in [3.8, 4) is 0 Å². The van der Waals surface area contributed by atoms with Gasteiger partial charge in [-0.1, -0.05) is 113 Å². The number of hydrogen-bond donors (Lipinski definition) is 5. The molecule has 11 nitrogen and oxygen atoms in total. The Kier molecular flexibility index (Phi) is 26.6. The van der Waals surface area contributed by atoms with Crippen molar-refractivity contribution < 1.29 is 53.3 Å². The minimum Gasteiger partial charge on any atom is -0.462 e. The molecule has 12 heteroatoms. The highest BCUT2D eigenvalue weighted by molar-refractivity contribution is 7.46. The summed E-state index contributed by atoms with van der Waals surface area (Å²) < 4.78 is 26.2. The Bertz CT molecular complexity index is 1130. The number of carbonyl (C=O) groups is 2. The summed E-state index contributed by atoms with van der Waals surface area (Å²) in [7, 11) is -4.85. The smallest absolute Gasteiger partial charge is 0.462 e. The summed E-state index contributed by atoms with van der Waals surface area (Å²) in [5.41, 5.74) is 0. The minimum atomic E-state index is -4.85. The van der Waals surface area contributed by atoms with E-state index in [1.54, 1.807) is 24.3 Å². The molecule has 0 saturated heterocycles. The number of phosphoric ester groups is 1. The Morgan fingerprint density at radius 1 is 0.804 bits per heavy atom. The maximum absolute atomic E-state index is 12.5. The van der Waals surface area contributed by atoms with Gasteiger partial charge >= 0.3 is 19.8 Å². The summed E-state index contributed by atoms with van der Waals surface area (Å²) in [5.74, 6) is -1.85. The lowest BCUT2D eigenvalue weighted by atomic mass is 9.89. The van der Waals surface area contributed by atoms with E-state index in [-0.39, 0.29) is 31.1 Å². The fourth-order valence-electron chi connectivity index (χ4n) is 5.77. The van der Waals surface area contributed by atoms with Crippen LogP contribution in [0.1, 0.15) is 123 Å². The highest BCUT2D eigenvalue weighted by Gasteiger charge is 2.39. The van der Waals surface area contributed by atoms with Gasteiger partial charge in [0.25, 0.3) is 0 Å². The van der Waals surface area contributed by atoms with Gasteiger partial charge in [-0.15, -0.1) is 0 Å². The van der Waals surface area contributed by atoms with Crippen molar-refractivity contribution in [2.24, 2.45) is 11.8 Å². The third-order valence-electron chi connectivity index (χ3n) is 8.62. The lowest BCUT2D eigenvalue weighted by Crippen LogP contribution is -2.29. The first kappa shape index (κ1) is 46.7. The van der Waals surface area contributed by atoms with Crippen LogP contribution in [-0.4, -0.2) is 74.7 Å². The van der Waals surface area contributed by atoms with E-state index in [1.807, 2.05) is 0 Å². The molecule has 0 aromatic carbocycles. The average molecular weight is 741 g/mol. The van der Waals surface area contributed by atoms with Gasteiger partial charge in [0.1, 0.15) is 6.61 Å². The summed E-state index contributed by atoms with van der Waals surface area (Å²) >= 11 is 0. The summed E-state index contributed by atoms with van der Waals surface area (Å²) in [5, 5.41) is 31.1. The summed E-state index contributed by atoms with van der Waals surface area (Å²) in [6.07, 6.45) is 29.3. The molecule has 0 aliphatic heterocycles. The molecule has 1 aliphatic carbocycles. The molecule has 0 amide bonds. The second-order valence-corrected chi connectivity index (χ2v) is 14.4. The molecule has 1 fully saturated rings. The second kappa shape index (κ2) is 29.1. The predicted octanol–water partition coefficient (Wildman–Crippen LogP) is 7.33. The average Bonchev–Trinajstić information content (AvgIpc) is 3.35. The van der Waals surface area contributed by atoms with Crippen molar-refractivity contribution in [3.05, 3.63) is 60.8 Å². The van der Waals surface area contributed by atoms with E-state index in [9.17, 15) is 29.5 Å². The van der Waals surface area contributed by atoms with Gasteiger partial charge in [-0.2, -0.15) is 0 Å². The van der Waals surface area contributed by atoms with Gasteiger partial charge in [0, 0.05) is 18.8 Å². The van der Waals surface area contributed by atoms with Gasteiger partial charge in [-0.05, 0) is 57.3 Å². The van der Waals surface area contributed by atoms with Gasteiger partial charge in [0.2, 0.25) is 0 Å². The number of esters is 2. The third kappa shape index (κ3) is 25.3. The van der Waals surface area contributed by atoms with Crippen LogP contribution in [0.5, 0.6) is 0 Å². The zero-order chi connectivity index (χ0) is 37.7. The maximum Gasteiger partial charge on any atom is 0.469 e. The highest BCUT2D eigenvalue weighted by Crippen LogP contribution is 2.37. The minimum absolute atomic E-state index is 0.174. The fraction of sp³-hybridized carbons (Fsp3) is 0.692. The van der Waals surface area contributed by atoms with Gasteiger partial charge in [-0.3, -0.25) is 14.1 Å². The second-order valence-electron chi connectivity index (χ2n) is 13.2. The number of ether oxygens (including phenoxy) is 2. The van der Waals surface area contributed by atoms with Crippen LogP contribution in [0.3, 0.4) is 0 Å². The van der Waals surface area contributed by atoms with E-state index in [0.29, 0.717) is 19.3 Å². The molecular weight excluding hydrogens is 675 g/mol. The van der Waals surface area contributed by atoms with Gasteiger partial charge < -0.3 is 34.6 Å². The van der Waals surface area contributed by atoms with Crippen LogP contribution < -0.4 is 0 Å². The van der Waals surface area contributed by atoms with E-state index in [2.05, 4.69) is 54.8 Å². The topological polar surface area (TPSA) is 180 Å². The van der Waals surface area contributed by atoms with Crippen LogP contribution in [0.4, 0.5) is 0 Å². The van der Waals surface area contributed by atoms with Crippen molar-refractivity contribution in [1.29, 1.82) is 0 Å². The van der Waals surface area contributed by atoms with Crippen molar-refractivity contribution in [2.75, 3.05) is 13.2 Å². The molecule has 0 aromatic heterocycles. The van der Waals surface area contributed by atoms with Gasteiger partial charge in [0.05, 0.1) is 31.3 Å². The zero-order valence-electron chi connectivity index (χ0n) is 30.8. The monoisotopic (exact) mass is 740 g/mol. The number of aliphatic hydroxyl groups is 3. The Morgan fingerprint density at radius 3 is 2.20 bits per heavy atom. The number of hydrogen-bond acceptors (Lipinski definition) is 9. The van der Waals surface area contributed by atoms with E-state index in [1.165, 1.54) is 0 Å². The first-order chi connectivity index (χ1) is 24.5. The zero-order valence-corrected chi connectivity index (χ0v) is 31.7. The Morgan fingerprint density at radius 2 is 1.49 bits per heavy atom. The first-order valence-corrected chi connectivity index (χ1v) is 20.4. The predicted molar refractivity (Wildman–Crippen MR) is 199 cm³/mol. The van der Waals surface area contributed by atoms with E-state index in [0.717, 1.165) is 70.6 Å². The number of carbonyl (C=O) groups excluding carboxylic acids is 2. The van der Waals surface area contributed by atoms with E-state index < -0.39 is 57.4 Å². The van der Waals surface area contributed by atoms with E-state index >= 15 is 0 Å². The fourth-order valence-corrected chi connectivity index (χ4v) is 6.13. The van der Waals surface area contributed by atoms with E-state index in [4.69, 9.17) is 19.3 Å². The standard InChI is InChI=1S/C39H65O11P/c1-3-5-7-8-9-10-11-12-13-14-15-16-17-18-20-25-38(43)48-30-33(31-49-51(45,46)47)50-39(44)26-22-21-24-34-35(37(42)29-36(34)41)28-27-32(40)23-19-6-4-2/h5,7,9-10,12-13,21-22,27-28,32-37,40-42H,3-4,6,8,11,14-20,23-26,29-31H2,1-2H3,(H2,45,46,47)/b7-5-,10-9-,13-12-,22-21-,28-27+/t32-,33-,34+,35-,36+,37-/m1/s1. The number of allylic oxidation sites excluding steroid dienone is 7. The normalized spacial score (nSPS) is 21.2. The van der Waals surface area contributed by atoms with Crippen molar-refractivity contribution >= 4 is 19.8 Å². The number of phosphoric acid groups is 1. The maximum atomic E-state index is 12.5. The Labute approximate surface area is 305 Å². The molecule has 51 heavy (non-hydrogen) atoms. The molecule has 0 unspecified atom stereocenters. The lowest BCUT2D eigenvalue weighted by molar-refractivity contribution is -0.160. The largest absolute Gasteiger partial charge is 0.469 e. The quantitative estimate of drug-likeness (QED) is 0.0224. The van der Waals surface area contributed by atoms with Crippen LogP contribution in [0.2, 0.25) is 0 Å². The SMILES string of the molecule is CC/C=C\C/C=C\C/C=C\CCCCCCCC(=O)OC[C@H](COP(=O)(O)O)OC(=O)C/C=C\C[C@H]1[C@@H](/C=C/[C@H](O)CCCCC)[C@H](O)C[C@@H]1O. The van der Waals surface area contributed by atoms with Crippen LogP contribution >= 0.6 is 7.82 Å². The lowest BCUT2D eigenvalue weighted by Gasteiger charge is -2.20. The number of aliphatic hydroxyl groups excluding tert-OH is 3. The van der Waals surface area contributed by atoms with Crippen molar-refractivity contribution in [1.82, 2.24) is 0 Å². The van der Waals surface area contributed by atoms with Crippen LogP contribution in [-0.2, 0) is 28.2 Å². The molecule has 6 atom stereocenters. The van der Waals surface area contributed by atoms with Crippen molar-refractivity contribution in [3.63, 3.8) is 0 Å². The third-order valence-corrected chi connectivity index (χ3v) is 9.11. The molecule has 1 rings (SSSR count). The van der Waals surface area contributed by atoms with Gasteiger partial charge in [0.15, 0.2) is 6.10 Å². The van der Waals surface area contributed by atoms with Crippen molar-refractivity contribution in [2.45, 2.75) is 147 Å². The molecule has 0 bridgehead atoms. The molecule has 1 saturated carbocycles. The molecule has 292 valence electrons. The molecule has 5 N–H and O–H groups in total. The molecule has 0 spiro atoms. The Hall–Kier alpha value is -2.37.